The molecule has 2 heterocycles. The minimum Gasteiger partial charge on any atom is -0.493 e. The van der Waals surface area contributed by atoms with Gasteiger partial charge in [-0.2, -0.15) is 0 Å². The number of hydrogen-bond acceptors (Lipinski definition) is 3. The summed E-state index contributed by atoms with van der Waals surface area (Å²) in [7, 11) is 1.67. The summed E-state index contributed by atoms with van der Waals surface area (Å²) in [5.41, 5.74) is 3.63. The molecule has 1 unspecified atom stereocenters. The molecule has 3 rings (SSSR count). The summed E-state index contributed by atoms with van der Waals surface area (Å²) in [4.78, 5) is 1.44. The Morgan fingerprint density at radius 3 is 3.00 bits per heavy atom. The van der Waals surface area contributed by atoms with Gasteiger partial charge in [0.05, 0.1) is 17.8 Å². The monoisotopic (exact) mass is 293 g/mol. The van der Waals surface area contributed by atoms with Crippen LogP contribution in [0, 0.1) is 6.92 Å². The number of aryl methyl sites for hydroxylation is 1. The number of thiophene rings is 1. The van der Waals surface area contributed by atoms with Crippen LogP contribution in [0.25, 0.3) is 0 Å². The lowest BCUT2D eigenvalue weighted by molar-refractivity contribution is 0.415. The third-order valence-corrected chi connectivity index (χ3v) is 5.01. The number of anilines is 1. The molecule has 1 atom stereocenters. The number of benzene rings is 1. The van der Waals surface area contributed by atoms with E-state index in [-0.39, 0.29) is 0 Å². The first-order valence-electron chi connectivity index (χ1n) is 6.34. The topological polar surface area (TPSA) is 21.3 Å². The molecule has 0 fully saturated rings. The molecule has 0 amide bonds. The number of ether oxygens (including phenoxy) is 1. The Morgan fingerprint density at radius 1 is 1.47 bits per heavy atom. The Morgan fingerprint density at radius 2 is 2.32 bits per heavy atom. The highest BCUT2D eigenvalue weighted by Gasteiger charge is 2.25. The highest BCUT2D eigenvalue weighted by molar-refractivity contribution is 7.10. The van der Waals surface area contributed by atoms with Crippen LogP contribution < -0.4 is 10.1 Å². The average molecular weight is 294 g/mol. The summed E-state index contributed by atoms with van der Waals surface area (Å²) in [6.07, 6.45) is 1.04. The van der Waals surface area contributed by atoms with Crippen LogP contribution in [-0.4, -0.2) is 13.7 Å². The van der Waals surface area contributed by atoms with E-state index in [1.165, 1.54) is 16.0 Å². The lowest BCUT2D eigenvalue weighted by Gasteiger charge is -2.28. The Balaban J connectivity index is 2.01. The van der Waals surface area contributed by atoms with Crippen molar-refractivity contribution >= 4 is 28.6 Å². The fourth-order valence-electron chi connectivity index (χ4n) is 2.71. The van der Waals surface area contributed by atoms with E-state index in [2.05, 4.69) is 29.8 Å². The van der Waals surface area contributed by atoms with Crippen LogP contribution in [0.3, 0.4) is 0 Å². The Labute approximate surface area is 122 Å². The van der Waals surface area contributed by atoms with Gasteiger partial charge in [-0.05, 0) is 42.0 Å². The van der Waals surface area contributed by atoms with Gasteiger partial charge in [-0.25, -0.2) is 0 Å². The first kappa shape index (κ1) is 12.8. The molecule has 100 valence electrons. The van der Waals surface area contributed by atoms with Crippen molar-refractivity contribution in [3.8, 4) is 5.75 Å². The van der Waals surface area contributed by atoms with Crippen molar-refractivity contribution in [1.82, 2.24) is 0 Å². The zero-order chi connectivity index (χ0) is 13.4. The molecule has 0 aliphatic carbocycles. The van der Waals surface area contributed by atoms with Gasteiger partial charge >= 0.3 is 0 Å². The number of methoxy groups -OCH3 is 1. The summed E-state index contributed by atoms with van der Waals surface area (Å²) >= 11 is 8.07. The van der Waals surface area contributed by atoms with Crippen LogP contribution in [0.4, 0.5) is 5.69 Å². The Bertz CT molecular complexity index is 595. The van der Waals surface area contributed by atoms with Crippen LogP contribution in [-0.2, 0) is 6.42 Å². The number of fused-ring (bicyclic) bond motifs is 1. The van der Waals surface area contributed by atoms with Crippen molar-refractivity contribution in [3.63, 3.8) is 0 Å². The minimum atomic E-state index is 0.539. The first-order valence-corrected chi connectivity index (χ1v) is 7.59. The number of rotatable bonds is 2. The predicted octanol–water partition coefficient (Wildman–Crippen LogP) is 4.47. The molecule has 19 heavy (non-hydrogen) atoms. The second-order valence-corrected chi connectivity index (χ2v) is 6.25. The molecule has 1 N–H and O–H groups in total. The molecular formula is C15H16ClNOS. The van der Waals surface area contributed by atoms with E-state index in [9.17, 15) is 0 Å². The van der Waals surface area contributed by atoms with Crippen LogP contribution in [0.1, 0.15) is 21.9 Å². The number of hydrogen-bond donors (Lipinski definition) is 1. The van der Waals surface area contributed by atoms with Gasteiger partial charge in [0.1, 0.15) is 0 Å². The largest absolute Gasteiger partial charge is 0.493 e. The molecule has 0 spiro atoms. The molecule has 4 heteroatoms. The summed E-state index contributed by atoms with van der Waals surface area (Å²) in [6.45, 7) is 3.05. The highest BCUT2D eigenvalue weighted by Crippen LogP contribution is 2.43. The summed E-state index contributed by atoms with van der Waals surface area (Å²) < 4.78 is 5.43. The normalized spacial score (nSPS) is 17.7. The molecule has 1 aromatic carbocycles. The molecule has 0 bridgehead atoms. The Hall–Kier alpha value is -1.19. The van der Waals surface area contributed by atoms with Crippen LogP contribution >= 0.6 is 22.9 Å². The third-order valence-electron chi connectivity index (χ3n) is 3.69. The van der Waals surface area contributed by atoms with Crippen LogP contribution in [0.2, 0.25) is 5.02 Å². The second kappa shape index (κ2) is 5.06. The van der Waals surface area contributed by atoms with E-state index in [1.807, 2.05) is 17.4 Å². The standard InChI is InChI=1S/C15H16ClNOS/c1-9-6-12(16)15(18-2)14-11(9)7-10(8-17-14)13-4-3-5-19-13/h3-6,10,17H,7-8H2,1-2H3. The summed E-state index contributed by atoms with van der Waals surface area (Å²) in [5, 5.41) is 6.32. The average Bonchev–Trinajstić information content (AvgIpc) is 2.93. The van der Waals surface area contributed by atoms with Crippen molar-refractivity contribution in [3.05, 3.63) is 44.6 Å². The molecule has 0 saturated carbocycles. The quantitative estimate of drug-likeness (QED) is 0.882. The van der Waals surface area contributed by atoms with E-state index in [4.69, 9.17) is 16.3 Å². The third kappa shape index (κ3) is 2.21. The zero-order valence-corrected chi connectivity index (χ0v) is 12.6. The van der Waals surface area contributed by atoms with Gasteiger partial charge in [0.2, 0.25) is 0 Å². The molecule has 1 aliphatic heterocycles. The lowest BCUT2D eigenvalue weighted by atomic mass is 9.89. The second-order valence-electron chi connectivity index (χ2n) is 4.86. The molecule has 0 saturated heterocycles. The van der Waals surface area contributed by atoms with Gasteiger partial charge in [0, 0.05) is 17.3 Å². The molecular weight excluding hydrogens is 278 g/mol. The van der Waals surface area contributed by atoms with Gasteiger partial charge in [-0.1, -0.05) is 17.7 Å². The first-order chi connectivity index (χ1) is 9.20. The highest BCUT2D eigenvalue weighted by atomic mass is 35.5. The van der Waals surface area contributed by atoms with E-state index in [0.717, 1.165) is 24.4 Å². The maximum absolute atomic E-state index is 6.24. The fraction of sp³-hybridized carbons (Fsp3) is 0.333. The van der Waals surface area contributed by atoms with Gasteiger partial charge in [0.15, 0.2) is 5.75 Å². The van der Waals surface area contributed by atoms with Crippen LogP contribution in [0.15, 0.2) is 23.6 Å². The Kier molecular flexibility index (Phi) is 3.42. The molecule has 1 aromatic heterocycles. The van der Waals surface area contributed by atoms with E-state index in [0.29, 0.717) is 10.9 Å². The molecule has 2 nitrogen and oxygen atoms in total. The number of nitrogens with one attached hydrogen (secondary N) is 1. The smallest absolute Gasteiger partial charge is 0.160 e. The maximum Gasteiger partial charge on any atom is 0.160 e. The summed E-state index contributed by atoms with van der Waals surface area (Å²) in [5.74, 6) is 1.31. The summed E-state index contributed by atoms with van der Waals surface area (Å²) in [6, 6.07) is 6.33. The van der Waals surface area contributed by atoms with Gasteiger partial charge < -0.3 is 10.1 Å². The van der Waals surface area contributed by atoms with Gasteiger partial charge in [-0.3, -0.25) is 0 Å². The van der Waals surface area contributed by atoms with Gasteiger partial charge in [-0.15, -0.1) is 11.3 Å². The van der Waals surface area contributed by atoms with Crippen molar-refractivity contribution in [2.75, 3.05) is 19.0 Å². The van der Waals surface area contributed by atoms with Crippen molar-refractivity contribution < 1.29 is 4.74 Å². The van der Waals surface area contributed by atoms with E-state index in [1.54, 1.807) is 7.11 Å². The molecule has 1 aliphatic rings. The SMILES string of the molecule is COc1c(Cl)cc(C)c2c1NCC(c1cccs1)C2. The lowest BCUT2D eigenvalue weighted by Crippen LogP contribution is -2.22. The van der Waals surface area contributed by atoms with Crippen molar-refractivity contribution in [2.45, 2.75) is 19.3 Å². The van der Waals surface area contributed by atoms with Crippen molar-refractivity contribution in [1.29, 1.82) is 0 Å². The molecule has 0 radical (unpaired) electrons. The fourth-order valence-corrected chi connectivity index (χ4v) is 3.88. The maximum atomic E-state index is 6.24. The number of halogens is 1. The van der Waals surface area contributed by atoms with Crippen LogP contribution in [0.5, 0.6) is 5.75 Å². The predicted molar refractivity (Wildman–Crippen MR) is 82.0 cm³/mol. The van der Waals surface area contributed by atoms with Gasteiger partial charge in [0.25, 0.3) is 0 Å². The molecule has 2 aromatic rings. The van der Waals surface area contributed by atoms with E-state index < -0.39 is 0 Å². The van der Waals surface area contributed by atoms with Crippen molar-refractivity contribution in [2.24, 2.45) is 0 Å². The van der Waals surface area contributed by atoms with E-state index >= 15 is 0 Å². The zero-order valence-electron chi connectivity index (χ0n) is 11.0. The minimum absolute atomic E-state index is 0.539.